The van der Waals surface area contributed by atoms with Crippen molar-refractivity contribution < 1.29 is 4.74 Å². The molecule has 0 aliphatic heterocycles. The minimum absolute atomic E-state index is 0.113. The molecule has 0 unspecified atom stereocenters. The Balaban J connectivity index is 1.75. The fraction of sp³-hybridized carbons (Fsp3) is 0.400. The van der Waals surface area contributed by atoms with Crippen molar-refractivity contribution in [3.05, 3.63) is 67.1 Å². The van der Waals surface area contributed by atoms with Gasteiger partial charge in [0.2, 0.25) is 0 Å². The standard InChI is InChI=1S/C25H27Br2N3O2/c1-3-16(2)32-23-20(26)13-17(14-21(23)27)15-28-30-24(18-9-5-4-6-10-18)29-22-12-8-7-11-19(22)25(30)31/h7-8,11-16,18H,3-6,9-10H2,1-2H3/t16-/m0/s1. The van der Waals surface area contributed by atoms with Crippen LogP contribution in [0.3, 0.4) is 0 Å². The molecule has 1 aliphatic carbocycles. The summed E-state index contributed by atoms with van der Waals surface area (Å²) < 4.78 is 9.18. The SMILES string of the molecule is CC[C@H](C)Oc1c(Br)cc(C=Nn2c(C3CCCCC3)nc3ccccc3c2=O)cc1Br. The third kappa shape index (κ3) is 4.99. The zero-order chi connectivity index (χ0) is 22.7. The number of halogens is 2. The van der Waals surface area contributed by atoms with E-state index < -0.39 is 0 Å². The topological polar surface area (TPSA) is 56.5 Å². The number of hydrogen-bond acceptors (Lipinski definition) is 4. The maximum absolute atomic E-state index is 13.3. The summed E-state index contributed by atoms with van der Waals surface area (Å²) in [6, 6.07) is 11.4. The van der Waals surface area contributed by atoms with E-state index in [9.17, 15) is 4.79 Å². The highest BCUT2D eigenvalue weighted by atomic mass is 79.9. The normalized spacial score (nSPS) is 16.0. The average molecular weight is 561 g/mol. The minimum Gasteiger partial charge on any atom is -0.488 e. The van der Waals surface area contributed by atoms with Crippen LogP contribution in [0.25, 0.3) is 10.9 Å². The first-order valence-electron chi connectivity index (χ1n) is 11.2. The molecular weight excluding hydrogens is 534 g/mol. The molecule has 1 fully saturated rings. The van der Waals surface area contributed by atoms with Gasteiger partial charge >= 0.3 is 0 Å². The van der Waals surface area contributed by atoms with Crippen LogP contribution >= 0.6 is 31.9 Å². The first kappa shape index (κ1) is 23.2. The largest absolute Gasteiger partial charge is 0.488 e. The Hall–Kier alpha value is -1.99. The highest BCUT2D eigenvalue weighted by molar-refractivity contribution is 9.11. The van der Waals surface area contributed by atoms with Gasteiger partial charge in [0.1, 0.15) is 11.6 Å². The Kier molecular flexibility index (Phi) is 7.46. The van der Waals surface area contributed by atoms with Crippen molar-refractivity contribution in [2.45, 2.75) is 64.4 Å². The maximum Gasteiger partial charge on any atom is 0.282 e. The van der Waals surface area contributed by atoms with Crippen LogP contribution in [-0.2, 0) is 0 Å². The van der Waals surface area contributed by atoms with E-state index in [1.165, 1.54) is 11.1 Å². The van der Waals surface area contributed by atoms with Crippen molar-refractivity contribution in [2.75, 3.05) is 0 Å². The van der Waals surface area contributed by atoms with Crippen molar-refractivity contribution >= 4 is 49.0 Å². The molecular formula is C25H27Br2N3O2. The molecule has 1 atom stereocenters. The van der Waals surface area contributed by atoms with Gasteiger partial charge in [0.25, 0.3) is 5.56 Å². The number of nitrogens with zero attached hydrogens (tertiary/aromatic N) is 3. The number of benzene rings is 2. The Labute approximate surface area is 205 Å². The van der Waals surface area contributed by atoms with Crippen molar-refractivity contribution in [3.8, 4) is 5.75 Å². The number of fused-ring (bicyclic) bond motifs is 1. The van der Waals surface area contributed by atoms with Crippen LogP contribution in [0.1, 0.15) is 69.7 Å². The number of rotatable bonds is 6. The number of para-hydroxylation sites is 1. The average Bonchev–Trinajstić information content (AvgIpc) is 2.81. The second kappa shape index (κ2) is 10.3. The van der Waals surface area contributed by atoms with Gasteiger partial charge in [0.15, 0.2) is 0 Å². The van der Waals surface area contributed by atoms with Crippen LogP contribution < -0.4 is 10.3 Å². The molecule has 1 heterocycles. The van der Waals surface area contributed by atoms with E-state index >= 15 is 0 Å². The molecule has 32 heavy (non-hydrogen) atoms. The van der Waals surface area contributed by atoms with Crippen molar-refractivity contribution in [1.82, 2.24) is 9.66 Å². The third-order valence-electron chi connectivity index (χ3n) is 5.99. The number of aromatic nitrogens is 2. The monoisotopic (exact) mass is 559 g/mol. The van der Waals surface area contributed by atoms with E-state index in [0.717, 1.165) is 63.7 Å². The molecule has 7 heteroatoms. The second-order valence-corrected chi connectivity index (χ2v) is 10.0. The molecule has 2 aromatic carbocycles. The predicted molar refractivity (Wildman–Crippen MR) is 137 cm³/mol. The van der Waals surface area contributed by atoms with Gasteiger partial charge in [-0.2, -0.15) is 9.78 Å². The van der Waals surface area contributed by atoms with Crippen LogP contribution in [-0.4, -0.2) is 22.0 Å². The summed E-state index contributed by atoms with van der Waals surface area (Å²) in [6.45, 7) is 4.13. The summed E-state index contributed by atoms with van der Waals surface area (Å²) in [5.74, 6) is 1.78. The van der Waals surface area contributed by atoms with Crippen LogP contribution in [0.4, 0.5) is 0 Å². The molecule has 5 nitrogen and oxygen atoms in total. The third-order valence-corrected chi connectivity index (χ3v) is 7.16. The Morgan fingerprint density at radius 2 is 1.88 bits per heavy atom. The van der Waals surface area contributed by atoms with Gasteiger partial charge < -0.3 is 4.74 Å². The lowest BCUT2D eigenvalue weighted by Gasteiger charge is -2.22. The lowest BCUT2D eigenvalue weighted by Crippen LogP contribution is -2.25. The molecule has 0 saturated heterocycles. The fourth-order valence-electron chi connectivity index (χ4n) is 4.05. The molecule has 1 aromatic heterocycles. The molecule has 0 bridgehead atoms. The summed E-state index contributed by atoms with van der Waals surface area (Å²) in [7, 11) is 0. The Morgan fingerprint density at radius 1 is 1.19 bits per heavy atom. The highest BCUT2D eigenvalue weighted by Gasteiger charge is 2.22. The van der Waals surface area contributed by atoms with Crippen LogP contribution in [0.15, 0.2) is 55.2 Å². The van der Waals surface area contributed by atoms with Crippen LogP contribution in [0, 0.1) is 0 Å². The van der Waals surface area contributed by atoms with Crippen molar-refractivity contribution in [2.24, 2.45) is 5.10 Å². The Morgan fingerprint density at radius 3 is 2.56 bits per heavy atom. The summed E-state index contributed by atoms with van der Waals surface area (Å²) in [5, 5.41) is 5.21. The van der Waals surface area contributed by atoms with Crippen LogP contribution in [0.2, 0.25) is 0 Å². The Bertz CT molecular complexity index is 1180. The van der Waals surface area contributed by atoms with Gasteiger partial charge in [-0.15, -0.1) is 0 Å². The predicted octanol–water partition coefficient (Wildman–Crippen LogP) is 7.03. The lowest BCUT2D eigenvalue weighted by molar-refractivity contribution is 0.214. The number of hydrogen-bond donors (Lipinski definition) is 0. The molecule has 0 amide bonds. The van der Waals surface area contributed by atoms with Gasteiger partial charge in [-0.05, 0) is 87.9 Å². The minimum atomic E-state index is -0.123. The quantitative estimate of drug-likeness (QED) is 0.304. The molecule has 0 radical (unpaired) electrons. The summed E-state index contributed by atoms with van der Waals surface area (Å²) in [4.78, 5) is 18.2. The number of ether oxygens (including phenoxy) is 1. The summed E-state index contributed by atoms with van der Waals surface area (Å²) in [5.41, 5.74) is 1.47. The summed E-state index contributed by atoms with van der Waals surface area (Å²) >= 11 is 7.22. The van der Waals surface area contributed by atoms with Crippen molar-refractivity contribution in [1.29, 1.82) is 0 Å². The molecule has 168 valence electrons. The van der Waals surface area contributed by atoms with Gasteiger partial charge in [-0.3, -0.25) is 4.79 Å². The van der Waals surface area contributed by atoms with Gasteiger partial charge in [-0.25, -0.2) is 4.98 Å². The maximum atomic E-state index is 13.3. The zero-order valence-electron chi connectivity index (χ0n) is 18.4. The van der Waals surface area contributed by atoms with E-state index in [1.807, 2.05) is 43.3 Å². The molecule has 1 aliphatic rings. The molecule has 0 spiro atoms. The smallest absolute Gasteiger partial charge is 0.282 e. The molecule has 3 aromatic rings. The van der Waals surface area contributed by atoms with Gasteiger partial charge in [-0.1, -0.05) is 38.3 Å². The highest BCUT2D eigenvalue weighted by Crippen LogP contribution is 2.35. The van der Waals surface area contributed by atoms with Crippen molar-refractivity contribution in [3.63, 3.8) is 0 Å². The van der Waals surface area contributed by atoms with Gasteiger partial charge in [0.05, 0.1) is 32.2 Å². The van der Waals surface area contributed by atoms with E-state index in [-0.39, 0.29) is 17.6 Å². The van der Waals surface area contributed by atoms with Crippen LogP contribution in [0.5, 0.6) is 5.75 Å². The first-order valence-corrected chi connectivity index (χ1v) is 12.8. The fourth-order valence-corrected chi connectivity index (χ4v) is 5.46. The van der Waals surface area contributed by atoms with E-state index in [2.05, 4.69) is 43.9 Å². The van der Waals surface area contributed by atoms with E-state index in [4.69, 9.17) is 9.72 Å². The lowest BCUT2D eigenvalue weighted by atomic mass is 9.88. The molecule has 0 N–H and O–H groups in total. The van der Waals surface area contributed by atoms with E-state index in [0.29, 0.717) is 5.39 Å². The summed E-state index contributed by atoms with van der Waals surface area (Å²) in [6.07, 6.45) is 8.39. The molecule has 4 rings (SSSR count). The zero-order valence-corrected chi connectivity index (χ0v) is 21.5. The molecule has 1 saturated carbocycles. The van der Waals surface area contributed by atoms with Gasteiger partial charge in [0, 0.05) is 5.92 Å². The first-order chi connectivity index (χ1) is 15.5. The second-order valence-electron chi connectivity index (χ2n) is 8.33. The van der Waals surface area contributed by atoms with E-state index in [1.54, 1.807) is 6.21 Å².